The highest BCUT2D eigenvalue weighted by Crippen LogP contribution is 2.33. The Kier molecular flexibility index (Phi) is 4.39. The highest BCUT2D eigenvalue weighted by Gasteiger charge is 2.36. The second-order valence-corrected chi connectivity index (χ2v) is 7.50. The predicted molar refractivity (Wildman–Crippen MR) is 93.8 cm³/mol. The van der Waals surface area contributed by atoms with Crippen LogP contribution in [-0.4, -0.2) is 58.6 Å². The summed E-state index contributed by atoms with van der Waals surface area (Å²) < 4.78 is 41.4. The number of likely N-dealkylation sites (N-methyl/N-ethyl adjacent to an activating group) is 1. The fourth-order valence-electron chi connectivity index (χ4n) is 3.08. The van der Waals surface area contributed by atoms with Crippen LogP contribution in [0.1, 0.15) is 16.2 Å². The minimum Gasteiger partial charge on any atom is -0.334 e. The van der Waals surface area contributed by atoms with E-state index in [-0.39, 0.29) is 22.9 Å². The topological polar surface area (TPSA) is 54.9 Å². The number of nitrogens with zero attached hydrogens (tertiary/aromatic N) is 4. The van der Waals surface area contributed by atoms with Gasteiger partial charge in [-0.05, 0) is 17.5 Å². The monoisotopic (exact) mass is 396 g/mol. The molecule has 0 aromatic carbocycles. The Morgan fingerprint density at radius 3 is 2.63 bits per heavy atom. The molecule has 1 aliphatic rings. The van der Waals surface area contributed by atoms with Gasteiger partial charge < -0.3 is 9.80 Å². The van der Waals surface area contributed by atoms with Crippen LogP contribution in [0.2, 0.25) is 0 Å². The Bertz CT molecular complexity index is 975. The molecule has 142 valence electrons. The number of carbonyl (C=O) groups is 1. The number of fused-ring (bicyclic) bond motifs is 1. The van der Waals surface area contributed by atoms with Crippen molar-refractivity contribution in [3.05, 3.63) is 41.0 Å². The largest absolute Gasteiger partial charge is 0.433 e. The maximum atomic E-state index is 13.6. The number of carbonyl (C=O) groups excluding carboxylic acids is 1. The van der Waals surface area contributed by atoms with Gasteiger partial charge in [0.2, 0.25) is 0 Å². The molecule has 1 fully saturated rings. The van der Waals surface area contributed by atoms with Crippen molar-refractivity contribution in [2.24, 2.45) is 0 Å². The zero-order valence-corrected chi connectivity index (χ0v) is 15.3. The molecule has 4 rings (SSSR count). The van der Waals surface area contributed by atoms with Crippen molar-refractivity contribution in [3.8, 4) is 10.6 Å². The summed E-state index contributed by atoms with van der Waals surface area (Å²) in [5.41, 5.74) is -0.739. The van der Waals surface area contributed by atoms with Gasteiger partial charge in [-0.2, -0.15) is 18.3 Å². The van der Waals surface area contributed by atoms with E-state index in [1.807, 2.05) is 7.05 Å². The van der Waals surface area contributed by atoms with Crippen LogP contribution in [0, 0.1) is 0 Å². The standard InChI is InChI=1S/C17H16F3N5OS/c1-23-4-6-24(7-5-23)16(26)12-10-15-21-11(13-3-2-8-27-13)9-14(17(18,19)20)25(15)22-12/h2-3,8-10H,4-7H2,1H3/p+1. The smallest absolute Gasteiger partial charge is 0.334 e. The molecule has 0 aliphatic carbocycles. The first-order valence-corrected chi connectivity index (χ1v) is 9.33. The minimum atomic E-state index is -4.61. The van der Waals surface area contributed by atoms with E-state index in [2.05, 4.69) is 10.1 Å². The maximum Gasteiger partial charge on any atom is 0.433 e. The number of alkyl halides is 3. The van der Waals surface area contributed by atoms with E-state index in [4.69, 9.17) is 0 Å². The summed E-state index contributed by atoms with van der Waals surface area (Å²) in [5, 5.41) is 5.71. The Labute approximate surface area is 156 Å². The molecule has 0 bridgehead atoms. The molecule has 3 aromatic heterocycles. The third-order valence-electron chi connectivity index (χ3n) is 4.61. The molecule has 1 N–H and O–H groups in total. The van der Waals surface area contributed by atoms with Crippen LogP contribution in [-0.2, 0) is 6.18 Å². The van der Waals surface area contributed by atoms with Gasteiger partial charge in [0, 0.05) is 6.07 Å². The van der Waals surface area contributed by atoms with Crippen LogP contribution in [0.15, 0.2) is 29.6 Å². The molecule has 1 aliphatic heterocycles. The van der Waals surface area contributed by atoms with Gasteiger partial charge in [0.15, 0.2) is 17.0 Å². The molecule has 3 aromatic rings. The van der Waals surface area contributed by atoms with Gasteiger partial charge in [0.25, 0.3) is 5.91 Å². The number of nitrogens with one attached hydrogen (secondary N) is 1. The third-order valence-corrected chi connectivity index (χ3v) is 5.51. The van der Waals surface area contributed by atoms with Crippen LogP contribution < -0.4 is 4.90 Å². The van der Waals surface area contributed by atoms with Crippen molar-refractivity contribution in [1.82, 2.24) is 19.5 Å². The predicted octanol–water partition coefficient (Wildman–Crippen LogP) is 1.45. The van der Waals surface area contributed by atoms with Crippen molar-refractivity contribution in [2.45, 2.75) is 6.18 Å². The summed E-state index contributed by atoms with van der Waals surface area (Å²) >= 11 is 1.30. The molecule has 10 heteroatoms. The molecular formula is C17H17F3N5OS+. The highest BCUT2D eigenvalue weighted by atomic mass is 32.1. The average Bonchev–Trinajstić information content (AvgIpc) is 3.29. The molecule has 0 radical (unpaired) electrons. The Balaban J connectivity index is 1.77. The first-order chi connectivity index (χ1) is 12.8. The number of amides is 1. The SMILES string of the molecule is C[NH+]1CCN(C(=O)c2cc3nc(-c4cccs4)cc(C(F)(F)F)n3n2)CC1. The van der Waals surface area contributed by atoms with E-state index >= 15 is 0 Å². The molecule has 0 unspecified atom stereocenters. The van der Waals surface area contributed by atoms with E-state index in [0.29, 0.717) is 22.5 Å². The zero-order valence-electron chi connectivity index (χ0n) is 14.5. The number of aromatic nitrogens is 3. The molecule has 0 saturated carbocycles. The summed E-state index contributed by atoms with van der Waals surface area (Å²) in [4.78, 5) is 20.5. The van der Waals surface area contributed by atoms with Crippen molar-refractivity contribution in [3.63, 3.8) is 0 Å². The lowest BCUT2D eigenvalue weighted by Crippen LogP contribution is -3.12. The van der Waals surface area contributed by atoms with Gasteiger partial charge in [0.1, 0.15) is 0 Å². The fourth-order valence-corrected chi connectivity index (χ4v) is 3.77. The number of thiophene rings is 1. The molecule has 1 amide bonds. The number of hydrogen-bond donors (Lipinski definition) is 1. The summed E-state index contributed by atoms with van der Waals surface area (Å²) in [6, 6.07) is 5.76. The van der Waals surface area contributed by atoms with Crippen molar-refractivity contribution in [1.29, 1.82) is 0 Å². The van der Waals surface area contributed by atoms with Gasteiger partial charge in [0.05, 0.1) is 43.8 Å². The van der Waals surface area contributed by atoms with E-state index in [0.717, 1.165) is 19.2 Å². The van der Waals surface area contributed by atoms with Gasteiger partial charge >= 0.3 is 6.18 Å². The number of quaternary nitrogens is 1. The lowest BCUT2D eigenvalue weighted by molar-refractivity contribution is -0.883. The summed E-state index contributed by atoms with van der Waals surface area (Å²) in [5.74, 6) is -0.362. The van der Waals surface area contributed by atoms with Gasteiger partial charge in [-0.3, -0.25) is 4.79 Å². The quantitative estimate of drug-likeness (QED) is 0.714. The minimum absolute atomic E-state index is 0.0105. The second-order valence-electron chi connectivity index (χ2n) is 6.55. The van der Waals surface area contributed by atoms with Crippen molar-refractivity contribution >= 4 is 22.9 Å². The first kappa shape index (κ1) is 17.9. The highest BCUT2D eigenvalue weighted by molar-refractivity contribution is 7.13. The average molecular weight is 396 g/mol. The van der Waals surface area contributed by atoms with Crippen LogP contribution in [0.5, 0.6) is 0 Å². The fraction of sp³-hybridized carbons (Fsp3) is 0.353. The first-order valence-electron chi connectivity index (χ1n) is 8.45. The molecule has 6 nitrogen and oxygen atoms in total. The second kappa shape index (κ2) is 6.61. The third kappa shape index (κ3) is 3.42. The molecule has 27 heavy (non-hydrogen) atoms. The van der Waals surface area contributed by atoms with Crippen LogP contribution in [0.3, 0.4) is 0 Å². The zero-order chi connectivity index (χ0) is 19.2. The van der Waals surface area contributed by atoms with Crippen LogP contribution in [0.25, 0.3) is 16.2 Å². The van der Waals surface area contributed by atoms with Crippen molar-refractivity contribution in [2.75, 3.05) is 33.2 Å². The summed E-state index contributed by atoms with van der Waals surface area (Å²) in [6.45, 7) is 2.71. The van der Waals surface area contributed by atoms with E-state index < -0.39 is 11.9 Å². The van der Waals surface area contributed by atoms with Crippen LogP contribution >= 0.6 is 11.3 Å². The van der Waals surface area contributed by atoms with Gasteiger partial charge in [-0.1, -0.05) is 6.07 Å². The van der Waals surface area contributed by atoms with Gasteiger partial charge in [-0.15, -0.1) is 11.3 Å². The lowest BCUT2D eigenvalue weighted by Gasteiger charge is -2.29. The van der Waals surface area contributed by atoms with Crippen LogP contribution in [0.4, 0.5) is 13.2 Å². The summed E-state index contributed by atoms with van der Waals surface area (Å²) in [6.07, 6.45) is -4.61. The molecule has 4 heterocycles. The molecular weight excluding hydrogens is 379 g/mol. The lowest BCUT2D eigenvalue weighted by atomic mass is 10.2. The molecule has 0 atom stereocenters. The Morgan fingerprint density at radius 1 is 1.26 bits per heavy atom. The normalized spacial score (nSPS) is 16.2. The summed E-state index contributed by atoms with van der Waals surface area (Å²) in [7, 11) is 2.04. The maximum absolute atomic E-state index is 13.6. The Morgan fingerprint density at radius 2 is 2.00 bits per heavy atom. The number of hydrogen-bond acceptors (Lipinski definition) is 4. The van der Waals surface area contributed by atoms with E-state index in [1.165, 1.54) is 22.3 Å². The Hall–Kier alpha value is -2.46. The van der Waals surface area contributed by atoms with Gasteiger partial charge in [-0.25, -0.2) is 9.50 Å². The van der Waals surface area contributed by atoms with Crippen molar-refractivity contribution < 1.29 is 22.9 Å². The van der Waals surface area contributed by atoms with E-state index in [1.54, 1.807) is 22.4 Å². The van der Waals surface area contributed by atoms with E-state index in [9.17, 15) is 18.0 Å². The number of piperazine rings is 1. The molecule has 1 saturated heterocycles. The number of halogens is 3. The molecule has 0 spiro atoms. The number of rotatable bonds is 2.